The maximum atomic E-state index is 12.0. The van der Waals surface area contributed by atoms with Crippen LogP contribution in [0, 0.1) is 6.07 Å². The van der Waals surface area contributed by atoms with Gasteiger partial charge in [-0.05, 0) is 60.0 Å². The number of nitrogens with zero attached hydrogens (tertiary/aromatic N) is 1. The Morgan fingerprint density at radius 1 is 1.07 bits per heavy atom. The first-order valence-corrected chi connectivity index (χ1v) is 9.94. The molecular weight excluding hydrogens is 391 g/mol. The molecule has 0 saturated heterocycles. The number of aromatic nitrogens is 1. The Kier molecular flexibility index (Phi) is 5.05. The fourth-order valence-electron chi connectivity index (χ4n) is 3.79. The molecule has 4 rings (SSSR count). The van der Waals surface area contributed by atoms with E-state index in [9.17, 15) is 4.79 Å². The zero-order valence-corrected chi connectivity index (χ0v) is 16.9. The quantitative estimate of drug-likeness (QED) is 0.431. The Hall–Kier alpha value is -2.49. The highest BCUT2D eigenvalue weighted by molar-refractivity contribution is 6.34. The van der Waals surface area contributed by atoms with Crippen molar-refractivity contribution < 1.29 is 4.79 Å². The molecule has 0 fully saturated rings. The van der Waals surface area contributed by atoms with E-state index in [4.69, 9.17) is 28.9 Å². The second-order valence-corrected chi connectivity index (χ2v) is 7.82. The van der Waals surface area contributed by atoms with E-state index < -0.39 is 5.91 Å². The van der Waals surface area contributed by atoms with E-state index in [1.54, 1.807) is 12.1 Å². The number of halogens is 2. The van der Waals surface area contributed by atoms with Crippen LogP contribution in [0.4, 0.5) is 0 Å². The molecule has 3 nitrogen and oxygen atoms in total. The summed E-state index contributed by atoms with van der Waals surface area (Å²) in [6.07, 6.45) is 2.02. The summed E-state index contributed by atoms with van der Waals surface area (Å²) < 4.78 is 2.18. The highest BCUT2D eigenvalue weighted by Crippen LogP contribution is 2.33. The summed E-state index contributed by atoms with van der Waals surface area (Å²) in [6, 6.07) is 18.7. The van der Waals surface area contributed by atoms with Gasteiger partial charge in [0.25, 0.3) is 0 Å². The van der Waals surface area contributed by atoms with Crippen LogP contribution in [-0.2, 0) is 13.0 Å². The predicted molar refractivity (Wildman–Crippen MR) is 116 cm³/mol. The number of carbonyl (C=O) groups excluding carboxylic acids is 1. The molecule has 1 radical (unpaired) electrons. The normalized spacial score (nSPS) is 11.4. The zero-order chi connectivity index (χ0) is 19.8. The smallest absolute Gasteiger partial charge is 0.249 e. The van der Waals surface area contributed by atoms with Crippen LogP contribution in [0.5, 0.6) is 0 Å². The van der Waals surface area contributed by atoms with Crippen LogP contribution in [0.3, 0.4) is 0 Å². The van der Waals surface area contributed by atoms with E-state index in [0.29, 0.717) is 22.2 Å². The monoisotopic (exact) mass is 409 g/mol. The van der Waals surface area contributed by atoms with Crippen molar-refractivity contribution in [2.75, 3.05) is 0 Å². The van der Waals surface area contributed by atoms with Gasteiger partial charge in [0.15, 0.2) is 0 Å². The number of rotatable bonds is 5. The third kappa shape index (κ3) is 3.36. The van der Waals surface area contributed by atoms with E-state index in [0.717, 1.165) is 40.2 Å². The third-order valence-electron chi connectivity index (χ3n) is 4.92. The van der Waals surface area contributed by atoms with Gasteiger partial charge in [-0.1, -0.05) is 48.7 Å². The molecule has 1 aromatic heterocycles. The van der Waals surface area contributed by atoms with E-state index in [1.807, 2.05) is 30.3 Å². The molecule has 0 aliphatic heterocycles. The molecule has 0 aliphatic carbocycles. The molecule has 5 heteroatoms. The first-order valence-electron chi connectivity index (χ1n) is 9.18. The topological polar surface area (TPSA) is 48.0 Å². The van der Waals surface area contributed by atoms with Crippen LogP contribution in [0.1, 0.15) is 34.8 Å². The summed E-state index contributed by atoms with van der Waals surface area (Å²) in [6.45, 7) is 2.73. The van der Waals surface area contributed by atoms with Gasteiger partial charge in [-0.25, -0.2) is 0 Å². The van der Waals surface area contributed by atoms with Crippen LogP contribution in [0.25, 0.3) is 21.8 Å². The summed E-state index contributed by atoms with van der Waals surface area (Å²) in [5.74, 6) is -0.443. The minimum Gasteiger partial charge on any atom is -0.366 e. The first kappa shape index (κ1) is 18.9. The lowest BCUT2D eigenvalue weighted by atomic mass is 10.0. The molecule has 0 bridgehead atoms. The summed E-state index contributed by atoms with van der Waals surface area (Å²) in [5.41, 5.74) is 10.3. The molecule has 1 amide bonds. The second-order valence-electron chi connectivity index (χ2n) is 6.95. The van der Waals surface area contributed by atoms with Gasteiger partial charge in [0.2, 0.25) is 5.91 Å². The minimum absolute atomic E-state index is 0.443. The number of hydrogen-bond acceptors (Lipinski definition) is 1. The second kappa shape index (κ2) is 7.50. The van der Waals surface area contributed by atoms with Gasteiger partial charge in [-0.3, -0.25) is 4.79 Å². The lowest BCUT2D eigenvalue weighted by molar-refractivity contribution is 0.100. The summed E-state index contributed by atoms with van der Waals surface area (Å²) in [5, 5.41) is 2.93. The van der Waals surface area contributed by atoms with E-state index in [1.165, 1.54) is 5.56 Å². The number of nitrogens with two attached hydrogens (primary N) is 1. The Morgan fingerprint density at radius 3 is 2.50 bits per heavy atom. The van der Waals surface area contributed by atoms with Crippen LogP contribution >= 0.6 is 23.2 Å². The summed E-state index contributed by atoms with van der Waals surface area (Å²) >= 11 is 12.4. The fraction of sp³-hybridized carbons (Fsp3) is 0.174. The lowest BCUT2D eigenvalue weighted by Crippen LogP contribution is -2.11. The summed E-state index contributed by atoms with van der Waals surface area (Å²) in [7, 11) is 0. The molecule has 0 aliphatic rings. The van der Waals surface area contributed by atoms with Crippen molar-refractivity contribution in [1.82, 2.24) is 4.57 Å². The zero-order valence-electron chi connectivity index (χ0n) is 15.4. The van der Waals surface area contributed by atoms with Gasteiger partial charge in [0.05, 0.1) is 11.0 Å². The molecule has 1 heterocycles. The van der Waals surface area contributed by atoms with Gasteiger partial charge >= 0.3 is 0 Å². The third-order valence-corrected chi connectivity index (χ3v) is 5.36. The predicted octanol–water partition coefficient (Wildman–Crippen LogP) is 6.00. The lowest BCUT2D eigenvalue weighted by Gasteiger charge is -2.10. The fourth-order valence-corrected chi connectivity index (χ4v) is 4.36. The van der Waals surface area contributed by atoms with E-state index in [-0.39, 0.29) is 0 Å². The van der Waals surface area contributed by atoms with Crippen molar-refractivity contribution in [3.8, 4) is 0 Å². The van der Waals surface area contributed by atoms with Crippen molar-refractivity contribution in [2.45, 2.75) is 26.3 Å². The molecule has 0 saturated carbocycles. The largest absolute Gasteiger partial charge is 0.366 e. The van der Waals surface area contributed by atoms with Gasteiger partial charge in [0, 0.05) is 32.9 Å². The highest BCUT2D eigenvalue weighted by atomic mass is 35.5. The van der Waals surface area contributed by atoms with Gasteiger partial charge in [0.1, 0.15) is 0 Å². The first-order chi connectivity index (χ1) is 13.5. The van der Waals surface area contributed by atoms with Gasteiger partial charge < -0.3 is 10.3 Å². The van der Waals surface area contributed by atoms with Gasteiger partial charge in [-0.2, -0.15) is 0 Å². The molecule has 4 aromatic rings. The minimum atomic E-state index is -0.443. The molecule has 2 N–H and O–H groups in total. The number of hydrogen-bond donors (Lipinski definition) is 1. The van der Waals surface area contributed by atoms with Crippen molar-refractivity contribution >= 4 is 50.9 Å². The number of fused-ring (bicyclic) bond motifs is 3. The molecule has 0 atom stereocenters. The van der Waals surface area contributed by atoms with Crippen molar-refractivity contribution in [3.05, 3.63) is 81.3 Å². The molecule has 0 unspecified atom stereocenters. The molecule has 141 valence electrons. The van der Waals surface area contributed by atoms with Crippen molar-refractivity contribution in [2.24, 2.45) is 5.73 Å². The molecule has 3 aromatic carbocycles. The Balaban J connectivity index is 2.02. The Labute approximate surface area is 173 Å². The number of amides is 1. The van der Waals surface area contributed by atoms with Crippen LogP contribution in [0.2, 0.25) is 10.0 Å². The van der Waals surface area contributed by atoms with Crippen LogP contribution in [0.15, 0.2) is 48.5 Å². The van der Waals surface area contributed by atoms with E-state index in [2.05, 4.69) is 23.6 Å². The number of benzene rings is 3. The molecule has 0 spiro atoms. The number of carbonyl (C=O) groups is 1. The maximum absolute atomic E-state index is 12.0. The van der Waals surface area contributed by atoms with Crippen LogP contribution < -0.4 is 5.73 Å². The van der Waals surface area contributed by atoms with Crippen molar-refractivity contribution in [3.63, 3.8) is 0 Å². The summed E-state index contributed by atoms with van der Waals surface area (Å²) in [4.78, 5) is 12.0. The molecular formula is C23H19Cl2N2O. The maximum Gasteiger partial charge on any atom is 0.249 e. The highest BCUT2D eigenvalue weighted by Gasteiger charge is 2.17. The Bertz CT molecular complexity index is 1190. The van der Waals surface area contributed by atoms with Gasteiger partial charge in [-0.15, -0.1) is 0 Å². The number of aryl methyl sites for hydroxylation is 1. The average Bonchev–Trinajstić information content (AvgIpc) is 2.94. The Morgan fingerprint density at radius 2 is 1.82 bits per heavy atom. The van der Waals surface area contributed by atoms with E-state index >= 15 is 0 Å². The average molecular weight is 410 g/mol. The van der Waals surface area contributed by atoms with Crippen LogP contribution in [-0.4, -0.2) is 10.5 Å². The number of primary amides is 1. The molecule has 28 heavy (non-hydrogen) atoms. The van der Waals surface area contributed by atoms with Crippen molar-refractivity contribution in [1.29, 1.82) is 0 Å². The standard InChI is InChI=1S/C23H19Cl2N2O/c1-2-4-14-7-8-18-21(11-14)27(13-15-9-16(24)12-17(25)10-15)20-6-3-5-19(22(18)20)23(26)28/h3,5-7,9-12H,2,4,13H2,1H3,(H2,26,28). The SMILES string of the molecule is CCCc1c[c]c2c3c(C(N)=O)cccc3n(Cc3cc(Cl)cc(Cl)c3)c2c1.